The second-order valence-electron chi connectivity index (χ2n) is 9.38. The first kappa shape index (κ1) is 23.4. The maximum absolute atomic E-state index is 13.3. The molecule has 4 rings (SSSR count). The molecule has 2 aliphatic rings. The Hall–Kier alpha value is -2.79. The van der Waals surface area contributed by atoms with Gasteiger partial charge in [0.2, 0.25) is 0 Å². The quantitative estimate of drug-likeness (QED) is 0.443. The van der Waals surface area contributed by atoms with Gasteiger partial charge in [-0.05, 0) is 80.2 Å². The SMILES string of the molecule is Cc1ccccc1CCCC(=O)C1(COC(=O)C(=N)c2ccc3c(c2)CCC3)CCOCC1. The molecule has 1 fully saturated rings. The molecular formula is C28H33NO4. The number of hydrogen-bond acceptors (Lipinski definition) is 5. The van der Waals surface area contributed by atoms with Crippen LogP contribution in [0.1, 0.15) is 59.9 Å². The number of rotatable bonds is 9. The lowest BCUT2D eigenvalue weighted by molar-refractivity contribution is -0.149. The van der Waals surface area contributed by atoms with Gasteiger partial charge in [0.1, 0.15) is 18.1 Å². The highest BCUT2D eigenvalue weighted by Crippen LogP contribution is 2.34. The lowest BCUT2D eigenvalue weighted by Crippen LogP contribution is -2.42. The highest BCUT2D eigenvalue weighted by atomic mass is 16.5. The van der Waals surface area contributed by atoms with Gasteiger partial charge in [0.05, 0.1) is 5.41 Å². The first-order valence-electron chi connectivity index (χ1n) is 12.0. The number of nitrogens with one attached hydrogen (secondary N) is 1. The van der Waals surface area contributed by atoms with Gasteiger partial charge in [-0.15, -0.1) is 0 Å². The van der Waals surface area contributed by atoms with Crippen LogP contribution in [-0.2, 0) is 38.3 Å². The average molecular weight is 448 g/mol. The van der Waals surface area contributed by atoms with Gasteiger partial charge < -0.3 is 9.47 Å². The van der Waals surface area contributed by atoms with E-state index in [0.29, 0.717) is 38.0 Å². The molecule has 0 spiro atoms. The molecule has 0 bridgehead atoms. The predicted molar refractivity (Wildman–Crippen MR) is 128 cm³/mol. The van der Waals surface area contributed by atoms with Crippen molar-refractivity contribution in [3.8, 4) is 0 Å². The summed E-state index contributed by atoms with van der Waals surface area (Å²) in [5.41, 5.74) is 4.76. The van der Waals surface area contributed by atoms with Gasteiger partial charge in [0.25, 0.3) is 0 Å². The van der Waals surface area contributed by atoms with E-state index in [1.165, 1.54) is 22.3 Å². The minimum atomic E-state index is -0.710. The minimum absolute atomic E-state index is 0.0196. The Balaban J connectivity index is 1.36. The highest BCUT2D eigenvalue weighted by Gasteiger charge is 2.41. The molecule has 0 unspecified atom stereocenters. The number of carbonyl (C=O) groups is 2. The lowest BCUT2D eigenvalue weighted by atomic mass is 9.75. The molecule has 1 saturated heterocycles. The van der Waals surface area contributed by atoms with Crippen molar-refractivity contribution in [2.45, 2.75) is 58.3 Å². The third-order valence-corrected chi connectivity index (χ3v) is 7.22. The van der Waals surface area contributed by atoms with E-state index in [0.717, 1.165) is 32.1 Å². The van der Waals surface area contributed by atoms with E-state index in [2.05, 4.69) is 19.1 Å². The van der Waals surface area contributed by atoms with Crippen molar-refractivity contribution in [1.29, 1.82) is 5.41 Å². The summed E-state index contributed by atoms with van der Waals surface area (Å²) in [6.45, 7) is 3.09. The van der Waals surface area contributed by atoms with Crippen molar-refractivity contribution < 1.29 is 19.1 Å². The zero-order chi connectivity index (χ0) is 23.3. The highest BCUT2D eigenvalue weighted by molar-refractivity contribution is 6.42. The summed E-state index contributed by atoms with van der Waals surface area (Å²) in [6, 6.07) is 14.0. The van der Waals surface area contributed by atoms with Crippen molar-refractivity contribution in [1.82, 2.24) is 0 Å². The summed E-state index contributed by atoms with van der Waals surface area (Å²) in [4.78, 5) is 26.0. The molecule has 0 aromatic heterocycles. The zero-order valence-electron chi connectivity index (χ0n) is 19.5. The summed E-state index contributed by atoms with van der Waals surface area (Å²) in [6.07, 6.45) is 6.35. The van der Waals surface area contributed by atoms with Crippen LogP contribution in [0.4, 0.5) is 0 Å². The molecule has 0 radical (unpaired) electrons. The molecule has 174 valence electrons. The van der Waals surface area contributed by atoms with Crippen LogP contribution in [0.25, 0.3) is 0 Å². The molecule has 0 amide bonds. The molecule has 2 aromatic carbocycles. The molecule has 2 aromatic rings. The molecular weight excluding hydrogens is 414 g/mol. The summed E-state index contributed by atoms with van der Waals surface area (Å²) < 4.78 is 11.1. The number of carbonyl (C=O) groups excluding carboxylic acids is 2. The second kappa shape index (κ2) is 10.4. The van der Waals surface area contributed by atoms with Crippen LogP contribution in [0.2, 0.25) is 0 Å². The first-order valence-corrected chi connectivity index (χ1v) is 12.0. The van der Waals surface area contributed by atoms with E-state index in [1.807, 2.05) is 30.3 Å². The largest absolute Gasteiger partial charge is 0.460 e. The Morgan fingerprint density at radius 2 is 1.82 bits per heavy atom. The third kappa shape index (κ3) is 5.41. The molecule has 33 heavy (non-hydrogen) atoms. The van der Waals surface area contributed by atoms with Crippen LogP contribution < -0.4 is 0 Å². The molecule has 1 aliphatic heterocycles. The smallest absolute Gasteiger partial charge is 0.356 e. The van der Waals surface area contributed by atoms with Crippen LogP contribution in [0.15, 0.2) is 42.5 Å². The van der Waals surface area contributed by atoms with E-state index in [9.17, 15) is 9.59 Å². The van der Waals surface area contributed by atoms with Crippen LogP contribution >= 0.6 is 0 Å². The van der Waals surface area contributed by atoms with Crippen molar-refractivity contribution in [2.75, 3.05) is 19.8 Å². The van der Waals surface area contributed by atoms with Crippen LogP contribution in [-0.4, -0.2) is 37.3 Å². The fourth-order valence-corrected chi connectivity index (χ4v) is 4.98. The molecule has 0 atom stereocenters. The molecule has 5 nitrogen and oxygen atoms in total. The Labute approximate surface area is 196 Å². The van der Waals surface area contributed by atoms with E-state index in [-0.39, 0.29) is 18.1 Å². The van der Waals surface area contributed by atoms with Gasteiger partial charge in [-0.2, -0.15) is 0 Å². The standard InChI is InChI=1S/C28H33NO4/c1-20-6-2-3-7-21(20)8-5-11-25(30)28(14-16-32-17-15-28)19-33-27(31)26(29)24-13-12-22-9-4-10-23(22)18-24/h2-3,6-7,12-13,18,29H,4-5,8-11,14-17,19H2,1H3. The molecule has 1 aliphatic carbocycles. The molecule has 0 saturated carbocycles. The monoisotopic (exact) mass is 447 g/mol. The minimum Gasteiger partial charge on any atom is -0.460 e. The van der Waals surface area contributed by atoms with Crippen molar-refractivity contribution in [3.05, 3.63) is 70.3 Å². The number of hydrogen-bond donors (Lipinski definition) is 1. The number of benzene rings is 2. The van der Waals surface area contributed by atoms with Crippen molar-refractivity contribution in [3.63, 3.8) is 0 Å². The average Bonchev–Trinajstić information content (AvgIpc) is 3.32. The second-order valence-corrected chi connectivity index (χ2v) is 9.38. The van der Waals surface area contributed by atoms with E-state index in [4.69, 9.17) is 14.9 Å². The van der Waals surface area contributed by atoms with Gasteiger partial charge >= 0.3 is 5.97 Å². The summed E-state index contributed by atoms with van der Waals surface area (Å²) in [7, 11) is 0. The topological polar surface area (TPSA) is 76.5 Å². The number of Topliss-reactive ketones (excluding diaryl/α,β-unsaturated/α-hetero) is 1. The predicted octanol–water partition coefficient (Wildman–Crippen LogP) is 4.78. The normalized spacial score (nSPS) is 16.8. The van der Waals surface area contributed by atoms with Crippen LogP contribution in [0.5, 0.6) is 0 Å². The van der Waals surface area contributed by atoms with Gasteiger partial charge in [-0.3, -0.25) is 10.2 Å². The van der Waals surface area contributed by atoms with Crippen LogP contribution in [0, 0.1) is 17.7 Å². The van der Waals surface area contributed by atoms with E-state index in [1.54, 1.807) is 0 Å². The number of aryl methyl sites for hydroxylation is 4. The number of ketones is 1. The Bertz CT molecular complexity index is 1040. The Morgan fingerprint density at radius 1 is 1.06 bits per heavy atom. The number of fused-ring (bicyclic) bond motifs is 1. The molecule has 5 heteroatoms. The van der Waals surface area contributed by atoms with Gasteiger partial charge in [0.15, 0.2) is 0 Å². The third-order valence-electron chi connectivity index (χ3n) is 7.22. The van der Waals surface area contributed by atoms with Crippen molar-refractivity contribution >= 4 is 17.5 Å². The van der Waals surface area contributed by atoms with Gasteiger partial charge in [-0.25, -0.2) is 4.79 Å². The van der Waals surface area contributed by atoms with Gasteiger partial charge in [0, 0.05) is 25.2 Å². The fraction of sp³-hybridized carbons (Fsp3) is 0.464. The molecule has 1 heterocycles. The number of ether oxygens (including phenoxy) is 2. The maximum atomic E-state index is 13.3. The van der Waals surface area contributed by atoms with E-state index < -0.39 is 11.4 Å². The van der Waals surface area contributed by atoms with E-state index >= 15 is 0 Å². The zero-order valence-corrected chi connectivity index (χ0v) is 19.5. The number of esters is 1. The summed E-state index contributed by atoms with van der Waals surface area (Å²) in [5, 5.41) is 8.33. The molecule has 1 N–H and O–H groups in total. The van der Waals surface area contributed by atoms with Crippen LogP contribution in [0.3, 0.4) is 0 Å². The first-order chi connectivity index (χ1) is 16.0. The Kier molecular flexibility index (Phi) is 7.39. The summed E-state index contributed by atoms with van der Waals surface area (Å²) >= 11 is 0. The Morgan fingerprint density at radius 3 is 2.61 bits per heavy atom. The van der Waals surface area contributed by atoms with Crippen molar-refractivity contribution in [2.24, 2.45) is 5.41 Å². The maximum Gasteiger partial charge on any atom is 0.356 e. The lowest BCUT2D eigenvalue weighted by Gasteiger charge is -2.35. The fourth-order valence-electron chi connectivity index (χ4n) is 4.98. The summed E-state index contributed by atoms with van der Waals surface area (Å²) in [5.74, 6) is -0.525. The van der Waals surface area contributed by atoms with Gasteiger partial charge in [-0.1, -0.05) is 36.4 Å².